The second kappa shape index (κ2) is 8.22. The summed E-state index contributed by atoms with van der Waals surface area (Å²) >= 11 is 0. The summed E-state index contributed by atoms with van der Waals surface area (Å²) in [6, 6.07) is 13.8. The van der Waals surface area contributed by atoms with Gasteiger partial charge >= 0.3 is 12.0 Å². The normalized spacial score (nSPS) is 19.7. The molecule has 1 atom stereocenters. The van der Waals surface area contributed by atoms with Crippen LogP contribution in [0.5, 0.6) is 0 Å². The van der Waals surface area contributed by atoms with Crippen LogP contribution in [0.3, 0.4) is 0 Å². The first kappa shape index (κ1) is 20.6. The van der Waals surface area contributed by atoms with E-state index < -0.39 is 42.5 Å². The Balaban J connectivity index is 1.31. The lowest BCUT2D eigenvalue weighted by atomic mass is 9.92. The molecule has 4 amide bonds. The Kier molecular flexibility index (Phi) is 5.46. The van der Waals surface area contributed by atoms with Crippen LogP contribution in [-0.4, -0.2) is 41.9 Å². The molecule has 1 aliphatic carbocycles. The van der Waals surface area contributed by atoms with Crippen LogP contribution >= 0.6 is 0 Å². The van der Waals surface area contributed by atoms with Crippen molar-refractivity contribution >= 4 is 29.5 Å². The predicted molar refractivity (Wildman–Crippen MR) is 112 cm³/mol. The summed E-state index contributed by atoms with van der Waals surface area (Å²) in [6.07, 6.45) is 3.14. The van der Waals surface area contributed by atoms with Crippen LogP contribution in [0.15, 0.2) is 48.5 Å². The average molecular weight is 421 g/mol. The highest BCUT2D eigenvalue weighted by atomic mass is 16.5. The SMILES string of the molecule is C[C@@]1(c2ccccc2)NC(=O)N(CC(=O)OCC(=O)Nc2ccc3c(c2)CCC3)C1=O. The zero-order chi connectivity index (χ0) is 22.0. The van der Waals surface area contributed by atoms with Crippen molar-refractivity contribution in [3.05, 3.63) is 65.2 Å². The van der Waals surface area contributed by atoms with E-state index in [1.165, 1.54) is 11.1 Å². The minimum atomic E-state index is -1.26. The highest BCUT2D eigenvalue weighted by Gasteiger charge is 2.49. The maximum atomic E-state index is 12.8. The molecule has 0 unspecified atom stereocenters. The Morgan fingerprint density at radius 3 is 2.61 bits per heavy atom. The lowest BCUT2D eigenvalue weighted by Crippen LogP contribution is -2.41. The number of hydrogen-bond donors (Lipinski definition) is 2. The molecule has 1 heterocycles. The van der Waals surface area contributed by atoms with E-state index in [0.717, 1.165) is 24.2 Å². The van der Waals surface area contributed by atoms with Gasteiger partial charge in [0.05, 0.1) is 0 Å². The lowest BCUT2D eigenvalue weighted by Gasteiger charge is -2.21. The van der Waals surface area contributed by atoms with Gasteiger partial charge in [-0.25, -0.2) is 4.79 Å². The number of urea groups is 1. The van der Waals surface area contributed by atoms with Crippen molar-refractivity contribution < 1.29 is 23.9 Å². The molecule has 0 spiro atoms. The van der Waals surface area contributed by atoms with Gasteiger partial charge < -0.3 is 15.4 Å². The van der Waals surface area contributed by atoms with Gasteiger partial charge in [-0.05, 0) is 55.0 Å². The van der Waals surface area contributed by atoms with E-state index >= 15 is 0 Å². The Bertz CT molecular complexity index is 1050. The molecular formula is C23H23N3O5. The molecule has 0 saturated carbocycles. The lowest BCUT2D eigenvalue weighted by molar-refractivity contribution is -0.150. The smallest absolute Gasteiger partial charge is 0.326 e. The number of rotatable bonds is 6. The number of carbonyl (C=O) groups is 4. The number of imide groups is 1. The van der Waals surface area contributed by atoms with Gasteiger partial charge in [-0.2, -0.15) is 0 Å². The van der Waals surface area contributed by atoms with Crippen molar-refractivity contribution in [1.82, 2.24) is 10.2 Å². The van der Waals surface area contributed by atoms with E-state index in [-0.39, 0.29) is 0 Å². The summed E-state index contributed by atoms with van der Waals surface area (Å²) in [6.45, 7) is 0.507. The third kappa shape index (κ3) is 4.14. The van der Waals surface area contributed by atoms with E-state index in [1.807, 2.05) is 18.2 Å². The number of nitrogens with zero attached hydrogens (tertiary/aromatic N) is 1. The fourth-order valence-electron chi connectivity index (χ4n) is 3.98. The van der Waals surface area contributed by atoms with Crippen molar-refractivity contribution in [2.24, 2.45) is 0 Å². The van der Waals surface area contributed by atoms with Crippen molar-refractivity contribution in [2.45, 2.75) is 31.7 Å². The first-order valence-corrected chi connectivity index (χ1v) is 10.1. The number of anilines is 1. The van der Waals surface area contributed by atoms with Crippen LogP contribution in [0.1, 0.15) is 30.0 Å². The Morgan fingerprint density at radius 2 is 1.84 bits per heavy atom. The first-order chi connectivity index (χ1) is 14.9. The molecule has 8 heteroatoms. The quantitative estimate of drug-likeness (QED) is 0.549. The minimum Gasteiger partial charge on any atom is -0.454 e. The monoisotopic (exact) mass is 421 g/mol. The van der Waals surface area contributed by atoms with Crippen molar-refractivity contribution in [3.63, 3.8) is 0 Å². The van der Waals surface area contributed by atoms with Gasteiger partial charge in [0.2, 0.25) is 0 Å². The Labute approximate surface area is 179 Å². The van der Waals surface area contributed by atoms with Gasteiger partial charge in [-0.1, -0.05) is 36.4 Å². The van der Waals surface area contributed by atoms with Gasteiger partial charge in [-0.15, -0.1) is 0 Å². The zero-order valence-electron chi connectivity index (χ0n) is 17.1. The van der Waals surface area contributed by atoms with Gasteiger partial charge in [0.25, 0.3) is 11.8 Å². The van der Waals surface area contributed by atoms with Crippen LogP contribution in [0.2, 0.25) is 0 Å². The predicted octanol–water partition coefficient (Wildman–Crippen LogP) is 2.12. The summed E-state index contributed by atoms with van der Waals surface area (Å²) in [5.74, 6) is -1.88. The molecule has 2 aliphatic rings. The molecule has 2 aromatic rings. The largest absolute Gasteiger partial charge is 0.454 e. The number of hydrogen-bond acceptors (Lipinski definition) is 5. The summed E-state index contributed by atoms with van der Waals surface area (Å²) in [5.41, 5.74) is 2.51. The van der Waals surface area contributed by atoms with Crippen LogP contribution in [0.4, 0.5) is 10.5 Å². The van der Waals surface area contributed by atoms with Crippen LogP contribution in [-0.2, 0) is 37.5 Å². The van der Waals surface area contributed by atoms with E-state index in [0.29, 0.717) is 11.3 Å². The van der Waals surface area contributed by atoms with E-state index in [1.54, 1.807) is 37.3 Å². The van der Waals surface area contributed by atoms with Crippen LogP contribution in [0, 0.1) is 0 Å². The zero-order valence-corrected chi connectivity index (χ0v) is 17.1. The number of esters is 1. The van der Waals surface area contributed by atoms with Gasteiger partial charge in [0.15, 0.2) is 6.61 Å². The molecule has 1 aliphatic heterocycles. The number of fused-ring (bicyclic) bond motifs is 1. The van der Waals surface area contributed by atoms with Crippen molar-refractivity contribution in [1.29, 1.82) is 0 Å². The number of amides is 4. The summed E-state index contributed by atoms with van der Waals surface area (Å²) in [4.78, 5) is 50.2. The number of carbonyl (C=O) groups excluding carboxylic acids is 4. The molecule has 31 heavy (non-hydrogen) atoms. The summed E-state index contributed by atoms with van der Waals surface area (Å²) in [5, 5.41) is 5.32. The van der Waals surface area contributed by atoms with Gasteiger partial charge in [0, 0.05) is 5.69 Å². The standard InChI is InChI=1S/C23H23N3O5/c1-23(17-8-3-2-4-9-17)21(29)26(22(30)25-23)13-20(28)31-14-19(27)24-18-11-10-15-6-5-7-16(15)12-18/h2-4,8-12H,5-7,13-14H2,1H3,(H,24,27)(H,25,30)/t23-/m0/s1. The summed E-state index contributed by atoms with van der Waals surface area (Å²) < 4.78 is 4.98. The van der Waals surface area contributed by atoms with Gasteiger partial charge in [-0.3, -0.25) is 19.3 Å². The molecular weight excluding hydrogens is 398 g/mol. The topological polar surface area (TPSA) is 105 Å². The fraction of sp³-hybridized carbons (Fsp3) is 0.304. The van der Waals surface area contributed by atoms with Crippen molar-refractivity contribution in [3.8, 4) is 0 Å². The number of benzene rings is 2. The second-order valence-corrected chi connectivity index (χ2v) is 7.86. The molecule has 2 aromatic carbocycles. The minimum absolute atomic E-state index is 0.488. The molecule has 4 rings (SSSR count). The highest BCUT2D eigenvalue weighted by molar-refractivity contribution is 6.09. The molecule has 1 fully saturated rings. The molecule has 1 saturated heterocycles. The number of ether oxygens (including phenoxy) is 1. The molecule has 160 valence electrons. The Morgan fingerprint density at radius 1 is 1.10 bits per heavy atom. The number of nitrogens with one attached hydrogen (secondary N) is 2. The second-order valence-electron chi connectivity index (χ2n) is 7.86. The number of aryl methyl sites for hydroxylation is 2. The third-order valence-electron chi connectivity index (χ3n) is 5.66. The van der Waals surface area contributed by atoms with Gasteiger partial charge in [0.1, 0.15) is 12.1 Å². The van der Waals surface area contributed by atoms with E-state index in [4.69, 9.17) is 4.74 Å². The third-order valence-corrected chi connectivity index (χ3v) is 5.66. The molecule has 0 radical (unpaired) electrons. The fourth-order valence-corrected chi connectivity index (χ4v) is 3.98. The molecule has 0 bridgehead atoms. The van der Waals surface area contributed by atoms with Crippen LogP contribution in [0.25, 0.3) is 0 Å². The molecule has 2 N–H and O–H groups in total. The highest BCUT2D eigenvalue weighted by Crippen LogP contribution is 2.28. The van der Waals surface area contributed by atoms with E-state index in [2.05, 4.69) is 10.6 Å². The maximum absolute atomic E-state index is 12.8. The Hall–Kier alpha value is -3.68. The van der Waals surface area contributed by atoms with Crippen molar-refractivity contribution in [2.75, 3.05) is 18.5 Å². The van der Waals surface area contributed by atoms with Crippen LogP contribution < -0.4 is 10.6 Å². The molecule has 8 nitrogen and oxygen atoms in total. The van der Waals surface area contributed by atoms with E-state index in [9.17, 15) is 19.2 Å². The summed E-state index contributed by atoms with van der Waals surface area (Å²) in [7, 11) is 0. The average Bonchev–Trinajstić information content (AvgIpc) is 3.31. The maximum Gasteiger partial charge on any atom is 0.326 e. The molecule has 0 aromatic heterocycles. The first-order valence-electron chi connectivity index (χ1n) is 10.1.